The number of pyridine rings is 1. The highest BCUT2D eigenvalue weighted by Gasteiger charge is 2.34. The average molecular weight is 509 g/mol. The van der Waals surface area contributed by atoms with E-state index in [1.54, 1.807) is 6.92 Å². The number of sulfone groups is 1. The van der Waals surface area contributed by atoms with Gasteiger partial charge in [-0.15, -0.1) is 0 Å². The fourth-order valence-electron chi connectivity index (χ4n) is 3.12. The molecule has 0 aliphatic carbocycles. The van der Waals surface area contributed by atoms with Gasteiger partial charge in [0.2, 0.25) is 0 Å². The van der Waals surface area contributed by atoms with Gasteiger partial charge in [0.25, 0.3) is 5.91 Å². The Morgan fingerprint density at radius 1 is 1.09 bits per heavy atom. The van der Waals surface area contributed by atoms with Crippen LogP contribution in [0.25, 0.3) is 0 Å². The summed E-state index contributed by atoms with van der Waals surface area (Å²) in [6.07, 6.45) is 1.08. The summed E-state index contributed by atoms with van der Waals surface area (Å²) in [6, 6.07) is 10.2. The Morgan fingerprint density at radius 3 is 2.41 bits per heavy atom. The third-order valence-corrected chi connectivity index (χ3v) is 7.01. The van der Waals surface area contributed by atoms with Gasteiger partial charge in [-0.25, -0.2) is 17.2 Å². The third kappa shape index (κ3) is 5.75. The quantitative estimate of drug-likeness (QED) is 0.463. The van der Waals surface area contributed by atoms with E-state index in [0.29, 0.717) is 5.02 Å². The first-order valence-corrected chi connectivity index (χ1v) is 11.9. The lowest BCUT2D eigenvalue weighted by Gasteiger charge is -2.19. The topological polar surface area (TPSA) is 102 Å². The van der Waals surface area contributed by atoms with Gasteiger partial charge in [-0.3, -0.25) is 14.6 Å². The van der Waals surface area contributed by atoms with Crippen LogP contribution in [0.4, 0.5) is 8.78 Å². The maximum atomic E-state index is 14.7. The van der Waals surface area contributed by atoms with Crippen LogP contribution in [0.2, 0.25) is 5.02 Å². The van der Waals surface area contributed by atoms with E-state index in [-0.39, 0.29) is 29.3 Å². The molecule has 1 amide bonds. The first-order valence-electron chi connectivity index (χ1n) is 9.97. The highest BCUT2D eigenvalue weighted by Crippen LogP contribution is 2.36. The molecule has 0 fully saturated rings. The van der Waals surface area contributed by atoms with Crippen LogP contribution in [-0.2, 0) is 19.4 Å². The monoisotopic (exact) mass is 508 g/mol. The van der Waals surface area contributed by atoms with E-state index in [1.165, 1.54) is 36.4 Å². The number of rotatable bonds is 8. The minimum Gasteiger partial charge on any atom is -0.465 e. The van der Waals surface area contributed by atoms with E-state index >= 15 is 0 Å². The maximum absolute atomic E-state index is 14.7. The summed E-state index contributed by atoms with van der Waals surface area (Å²) in [6.45, 7) is 1.42. The molecule has 0 aliphatic rings. The van der Waals surface area contributed by atoms with E-state index in [2.05, 4.69) is 10.3 Å². The van der Waals surface area contributed by atoms with Crippen molar-refractivity contribution in [2.75, 3.05) is 13.2 Å². The molecule has 11 heteroatoms. The largest absolute Gasteiger partial charge is 0.465 e. The summed E-state index contributed by atoms with van der Waals surface area (Å²) in [5.41, 5.74) is -0.557. The lowest BCUT2D eigenvalue weighted by molar-refractivity contribution is -0.141. The minimum atomic E-state index is -4.31. The number of hydrogen-bond acceptors (Lipinski definition) is 6. The SMILES string of the molecule is CCOC(=O)CNC(=O)c1ccc(C(c2cc(F)ccc2F)S(=O)(=O)c2ccc(Cl)cc2)nc1. The molecular weight excluding hydrogens is 490 g/mol. The Morgan fingerprint density at radius 2 is 1.79 bits per heavy atom. The van der Waals surface area contributed by atoms with Crippen LogP contribution in [0, 0.1) is 11.6 Å². The molecule has 7 nitrogen and oxygen atoms in total. The molecule has 3 rings (SSSR count). The second-order valence-corrected chi connectivity index (χ2v) is 9.47. The predicted octanol–water partition coefficient (Wildman–Crippen LogP) is 3.87. The molecule has 1 unspecified atom stereocenters. The van der Waals surface area contributed by atoms with Gasteiger partial charge in [0.15, 0.2) is 9.84 Å². The Balaban J connectivity index is 2.00. The van der Waals surface area contributed by atoms with E-state index in [4.69, 9.17) is 16.3 Å². The molecule has 0 radical (unpaired) electrons. The van der Waals surface area contributed by atoms with Crippen LogP contribution >= 0.6 is 11.6 Å². The minimum absolute atomic E-state index is 0.0235. The van der Waals surface area contributed by atoms with Crippen LogP contribution in [0.5, 0.6) is 0 Å². The van der Waals surface area contributed by atoms with Crippen molar-refractivity contribution in [3.63, 3.8) is 0 Å². The average Bonchev–Trinajstić information content (AvgIpc) is 2.81. The maximum Gasteiger partial charge on any atom is 0.325 e. The lowest BCUT2D eigenvalue weighted by atomic mass is 10.1. The number of carbonyl (C=O) groups excluding carboxylic acids is 2. The van der Waals surface area contributed by atoms with Crippen molar-refractivity contribution in [2.24, 2.45) is 0 Å². The standard InChI is InChI=1S/C23H19ClF2N2O5S/c1-2-33-21(29)13-28-23(30)14-3-10-20(27-12-14)22(18-11-16(25)6-9-19(18)26)34(31,32)17-7-4-15(24)5-8-17/h3-12,22H,2,13H2,1H3,(H,28,30). The number of halogens is 3. The second kappa shape index (κ2) is 10.7. The van der Waals surface area contributed by atoms with Crippen LogP contribution in [-0.4, -0.2) is 38.4 Å². The highest BCUT2D eigenvalue weighted by molar-refractivity contribution is 7.91. The van der Waals surface area contributed by atoms with Gasteiger partial charge in [-0.2, -0.15) is 0 Å². The first-order chi connectivity index (χ1) is 16.1. The molecule has 1 N–H and O–H groups in total. The van der Waals surface area contributed by atoms with Crippen LogP contribution in [0.3, 0.4) is 0 Å². The summed E-state index contributed by atoms with van der Waals surface area (Å²) in [5.74, 6) is -3.05. The molecular formula is C23H19ClF2N2O5S. The Hall–Kier alpha value is -3.37. The van der Waals surface area contributed by atoms with E-state index in [9.17, 15) is 26.8 Å². The summed E-state index contributed by atoms with van der Waals surface area (Å²) in [5, 5.41) is 0.936. The van der Waals surface area contributed by atoms with Crippen molar-refractivity contribution in [1.29, 1.82) is 0 Å². The number of carbonyl (C=O) groups is 2. The zero-order valence-corrected chi connectivity index (χ0v) is 19.4. The second-order valence-electron chi connectivity index (χ2n) is 7.00. The highest BCUT2D eigenvalue weighted by atomic mass is 35.5. The molecule has 3 aromatic rings. The van der Waals surface area contributed by atoms with Gasteiger partial charge in [-0.05, 0) is 61.5 Å². The zero-order chi connectivity index (χ0) is 24.9. The Labute approximate surface area is 199 Å². The molecule has 0 saturated carbocycles. The van der Waals surface area contributed by atoms with E-state index < -0.39 is 44.2 Å². The van der Waals surface area contributed by atoms with Crippen molar-refractivity contribution in [1.82, 2.24) is 10.3 Å². The third-order valence-electron chi connectivity index (χ3n) is 4.71. The summed E-state index contributed by atoms with van der Waals surface area (Å²) in [7, 11) is -4.31. The molecule has 0 spiro atoms. The van der Waals surface area contributed by atoms with E-state index in [0.717, 1.165) is 24.4 Å². The van der Waals surface area contributed by atoms with Gasteiger partial charge in [0.1, 0.15) is 23.4 Å². The van der Waals surface area contributed by atoms with Crippen molar-refractivity contribution >= 4 is 33.3 Å². The smallest absolute Gasteiger partial charge is 0.325 e. The number of nitrogens with one attached hydrogen (secondary N) is 1. The molecule has 1 heterocycles. The number of hydrogen-bond donors (Lipinski definition) is 1. The van der Waals surface area contributed by atoms with Crippen molar-refractivity contribution < 1.29 is 31.5 Å². The first kappa shape index (κ1) is 25.3. The van der Waals surface area contributed by atoms with Crippen molar-refractivity contribution in [3.05, 3.63) is 94.3 Å². The number of nitrogens with zero attached hydrogens (tertiary/aromatic N) is 1. The fourth-order valence-corrected chi connectivity index (χ4v) is 5.01. The van der Waals surface area contributed by atoms with Crippen molar-refractivity contribution in [2.45, 2.75) is 17.1 Å². The Kier molecular flexibility index (Phi) is 7.95. The zero-order valence-electron chi connectivity index (χ0n) is 17.8. The summed E-state index contributed by atoms with van der Waals surface area (Å²) >= 11 is 5.85. The normalized spacial score (nSPS) is 12.1. The number of benzene rings is 2. The van der Waals surface area contributed by atoms with Gasteiger partial charge in [0.05, 0.1) is 22.8 Å². The molecule has 0 saturated heterocycles. The van der Waals surface area contributed by atoms with E-state index in [1.807, 2.05) is 0 Å². The predicted molar refractivity (Wildman–Crippen MR) is 120 cm³/mol. The summed E-state index contributed by atoms with van der Waals surface area (Å²) < 4.78 is 60.3. The molecule has 178 valence electrons. The van der Waals surface area contributed by atoms with Gasteiger partial charge in [0, 0.05) is 16.8 Å². The van der Waals surface area contributed by atoms with Crippen LogP contribution in [0.1, 0.15) is 33.8 Å². The molecule has 0 bridgehead atoms. The van der Waals surface area contributed by atoms with Gasteiger partial charge >= 0.3 is 5.97 Å². The number of ether oxygens (including phenoxy) is 1. The van der Waals surface area contributed by atoms with Crippen molar-refractivity contribution in [3.8, 4) is 0 Å². The fraction of sp³-hybridized carbons (Fsp3) is 0.174. The molecule has 2 aromatic carbocycles. The molecule has 34 heavy (non-hydrogen) atoms. The van der Waals surface area contributed by atoms with Crippen LogP contribution in [0.15, 0.2) is 65.7 Å². The number of esters is 1. The summed E-state index contributed by atoms with van der Waals surface area (Å²) in [4.78, 5) is 27.5. The molecule has 1 aromatic heterocycles. The van der Waals surface area contributed by atoms with Crippen LogP contribution < -0.4 is 5.32 Å². The lowest BCUT2D eigenvalue weighted by Crippen LogP contribution is -2.30. The number of amides is 1. The molecule has 1 atom stereocenters. The number of aromatic nitrogens is 1. The van der Waals surface area contributed by atoms with Gasteiger partial charge < -0.3 is 10.1 Å². The van der Waals surface area contributed by atoms with Gasteiger partial charge in [-0.1, -0.05) is 11.6 Å². The Bertz CT molecular complexity index is 1300. The molecule has 0 aliphatic heterocycles.